The predicted octanol–water partition coefficient (Wildman–Crippen LogP) is 3.69. The largest absolute Gasteiger partial charge is 0.406 e. The molecule has 3 heteroatoms. The Hall–Kier alpha value is -1.58. The zero-order valence-electron chi connectivity index (χ0n) is 12.9. The molecule has 1 atom stereocenters. The molecule has 0 spiro atoms. The van der Waals surface area contributed by atoms with Gasteiger partial charge in [-0.3, -0.25) is 0 Å². The summed E-state index contributed by atoms with van der Waals surface area (Å²) in [6.45, 7) is 6.59. The second kappa shape index (κ2) is 5.66. The zero-order valence-corrected chi connectivity index (χ0v) is 12.9. The molecule has 0 unspecified atom stereocenters. The van der Waals surface area contributed by atoms with Gasteiger partial charge in [-0.1, -0.05) is 74.5 Å². The highest BCUT2D eigenvalue weighted by Gasteiger charge is 2.51. The van der Waals surface area contributed by atoms with Gasteiger partial charge in [0.25, 0.3) is 0 Å². The maximum atomic E-state index is 6.48. The fourth-order valence-corrected chi connectivity index (χ4v) is 3.45. The standard InChI is InChI=1S/C18H22BNO/c1-14(2)17-18(21-19(3)20-17,15-10-6-4-7-11-15)16-12-8-5-9-13-16/h4-14,17,20H,1-3H3/t17-/m1/s1. The third-order valence-corrected chi connectivity index (χ3v) is 4.29. The molecule has 1 saturated heterocycles. The first-order valence-electron chi connectivity index (χ1n) is 7.69. The Bertz CT molecular complexity index is 545. The lowest BCUT2D eigenvalue weighted by Gasteiger charge is -2.38. The van der Waals surface area contributed by atoms with E-state index in [9.17, 15) is 0 Å². The van der Waals surface area contributed by atoms with Crippen LogP contribution in [0.1, 0.15) is 25.0 Å². The summed E-state index contributed by atoms with van der Waals surface area (Å²) in [6, 6.07) is 21.4. The van der Waals surface area contributed by atoms with Crippen LogP contribution in [0, 0.1) is 5.92 Å². The van der Waals surface area contributed by atoms with Crippen LogP contribution in [0.25, 0.3) is 0 Å². The summed E-state index contributed by atoms with van der Waals surface area (Å²) in [4.78, 5) is 0. The molecule has 3 rings (SSSR count). The van der Waals surface area contributed by atoms with Gasteiger partial charge in [0.05, 0.1) is 0 Å². The molecule has 0 radical (unpaired) electrons. The Labute approximate surface area is 127 Å². The van der Waals surface area contributed by atoms with Crippen molar-refractivity contribution in [3.63, 3.8) is 0 Å². The van der Waals surface area contributed by atoms with Crippen molar-refractivity contribution >= 4 is 7.05 Å². The van der Waals surface area contributed by atoms with Crippen LogP contribution in [0.15, 0.2) is 60.7 Å². The van der Waals surface area contributed by atoms with Crippen molar-refractivity contribution in [3.05, 3.63) is 71.8 Å². The van der Waals surface area contributed by atoms with E-state index < -0.39 is 5.60 Å². The lowest BCUT2D eigenvalue weighted by molar-refractivity contribution is 0.0954. The van der Waals surface area contributed by atoms with Crippen LogP contribution < -0.4 is 5.23 Å². The molecule has 1 N–H and O–H groups in total. The van der Waals surface area contributed by atoms with Gasteiger partial charge in [-0.25, -0.2) is 0 Å². The summed E-state index contributed by atoms with van der Waals surface area (Å²) in [6.07, 6.45) is 0. The van der Waals surface area contributed by atoms with Crippen LogP contribution >= 0.6 is 0 Å². The first kappa shape index (κ1) is 14.4. The topological polar surface area (TPSA) is 21.3 Å². The molecule has 1 heterocycles. The van der Waals surface area contributed by atoms with Gasteiger partial charge < -0.3 is 9.88 Å². The molecule has 0 bridgehead atoms. The van der Waals surface area contributed by atoms with E-state index in [1.54, 1.807) is 0 Å². The normalized spacial score (nSPS) is 21.0. The van der Waals surface area contributed by atoms with Gasteiger partial charge >= 0.3 is 7.05 Å². The van der Waals surface area contributed by atoms with E-state index in [2.05, 4.69) is 86.6 Å². The van der Waals surface area contributed by atoms with Crippen LogP contribution in [-0.2, 0) is 10.3 Å². The Morgan fingerprint density at radius 2 is 1.43 bits per heavy atom. The number of hydrogen-bond donors (Lipinski definition) is 1. The maximum absolute atomic E-state index is 6.48. The highest BCUT2D eigenvalue weighted by atomic mass is 16.5. The van der Waals surface area contributed by atoms with Crippen LogP contribution in [0.5, 0.6) is 0 Å². The lowest BCUT2D eigenvalue weighted by atomic mass is 9.76. The Kier molecular flexibility index (Phi) is 3.88. The van der Waals surface area contributed by atoms with E-state index in [-0.39, 0.29) is 13.1 Å². The molecule has 1 aliphatic rings. The number of rotatable bonds is 3. The van der Waals surface area contributed by atoms with E-state index in [0.29, 0.717) is 5.92 Å². The summed E-state index contributed by atoms with van der Waals surface area (Å²) in [7, 11) is 0.0396. The van der Waals surface area contributed by atoms with E-state index in [4.69, 9.17) is 4.65 Å². The van der Waals surface area contributed by atoms with Crippen LogP contribution in [-0.4, -0.2) is 13.1 Å². The zero-order chi connectivity index (χ0) is 14.9. The van der Waals surface area contributed by atoms with Crippen molar-refractivity contribution in [2.75, 3.05) is 0 Å². The SMILES string of the molecule is CB1N[C@H](C(C)C)C(c2ccccc2)(c2ccccc2)O1. The second-order valence-corrected chi connectivity index (χ2v) is 6.12. The fourth-order valence-electron chi connectivity index (χ4n) is 3.45. The first-order valence-corrected chi connectivity index (χ1v) is 7.69. The van der Waals surface area contributed by atoms with Gasteiger partial charge in [0.15, 0.2) is 0 Å². The first-order chi connectivity index (χ1) is 10.1. The van der Waals surface area contributed by atoms with Crippen molar-refractivity contribution < 1.29 is 4.65 Å². The third kappa shape index (κ3) is 2.41. The van der Waals surface area contributed by atoms with Crippen LogP contribution in [0.2, 0.25) is 6.82 Å². The quantitative estimate of drug-likeness (QED) is 0.865. The average Bonchev–Trinajstić information content (AvgIpc) is 2.88. The second-order valence-electron chi connectivity index (χ2n) is 6.12. The minimum Gasteiger partial charge on any atom is -0.406 e. The van der Waals surface area contributed by atoms with Gasteiger partial charge in [0, 0.05) is 6.04 Å². The summed E-state index contributed by atoms with van der Waals surface area (Å²) in [5.74, 6) is 0.468. The minimum absolute atomic E-state index is 0.0396. The lowest BCUT2D eigenvalue weighted by Crippen LogP contribution is -2.46. The molecule has 0 aromatic heterocycles. The average molecular weight is 279 g/mol. The Morgan fingerprint density at radius 3 is 1.86 bits per heavy atom. The van der Waals surface area contributed by atoms with E-state index in [1.807, 2.05) is 0 Å². The van der Waals surface area contributed by atoms with Crippen molar-refractivity contribution in [1.82, 2.24) is 5.23 Å². The van der Waals surface area contributed by atoms with Crippen molar-refractivity contribution in [2.45, 2.75) is 32.3 Å². The van der Waals surface area contributed by atoms with Crippen LogP contribution in [0.4, 0.5) is 0 Å². The van der Waals surface area contributed by atoms with Gasteiger partial charge in [-0.2, -0.15) is 0 Å². The smallest absolute Gasteiger partial charge is 0.377 e. The van der Waals surface area contributed by atoms with Gasteiger partial charge in [-0.05, 0) is 23.9 Å². The Balaban J connectivity index is 2.20. The molecular weight excluding hydrogens is 257 g/mol. The molecule has 2 aromatic carbocycles. The maximum Gasteiger partial charge on any atom is 0.377 e. The summed E-state index contributed by atoms with van der Waals surface area (Å²) in [5.41, 5.74) is 2.01. The van der Waals surface area contributed by atoms with Gasteiger partial charge in [0.1, 0.15) is 5.60 Å². The molecular formula is C18H22BNO. The van der Waals surface area contributed by atoms with Gasteiger partial charge in [0.2, 0.25) is 0 Å². The third-order valence-electron chi connectivity index (χ3n) is 4.29. The Morgan fingerprint density at radius 1 is 0.952 bits per heavy atom. The van der Waals surface area contributed by atoms with E-state index in [0.717, 1.165) is 0 Å². The van der Waals surface area contributed by atoms with Crippen molar-refractivity contribution in [1.29, 1.82) is 0 Å². The minimum atomic E-state index is -0.421. The van der Waals surface area contributed by atoms with E-state index >= 15 is 0 Å². The molecule has 0 aliphatic carbocycles. The van der Waals surface area contributed by atoms with Crippen molar-refractivity contribution in [2.24, 2.45) is 5.92 Å². The number of nitrogens with one attached hydrogen (secondary N) is 1. The molecule has 2 aromatic rings. The molecule has 2 nitrogen and oxygen atoms in total. The molecule has 0 amide bonds. The van der Waals surface area contributed by atoms with Gasteiger partial charge in [-0.15, -0.1) is 0 Å². The molecule has 0 saturated carbocycles. The van der Waals surface area contributed by atoms with Crippen molar-refractivity contribution in [3.8, 4) is 0 Å². The fraction of sp³-hybridized carbons (Fsp3) is 0.333. The monoisotopic (exact) mass is 279 g/mol. The van der Waals surface area contributed by atoms with E-state index in [1.165, 1.54) is 11.1 Å². The number of hydrogen-bond acceptors (Lipinski definition) is 2. The molecule has 21 heavy (non-hydrogen) atoms. The molecule has 108 valence electrons. The van der Waals surface area contributed by atoms with Crippen LogP contribution in [0.3, 0.4) is 0 Å². The highest BCUT2D eigenvalue weighted by molar-refractivity contribution is 6.48. The summed E-state index contributed by atoms with van der Waals surface area (Å²) >= 11 is 0. The molecule has 1 fully saturated rings. The summed E-state index contributed by atoms with van der Waals surface area (Å²) in [5, 5.41) is 3.62. The predicted molar refractivity (Wildman–Crippen MR) is 88.1 cm³/mol. The number of benzene rings is 2. The molecule has 1 aliphatic heterocycles. The highest BCUT2D eigenvalue weighted by Crippen LogP contribution is 2.43. The summed E-state index contributed by atoms with van der Waals surface area (Å²) < 4.78 is 6.48.